The minimum absolute atomic E-state index is 0.0658. The molecule has 0 radical (unpaired) electrons. The first-order valence-corrected chi connectivity index (χ1v) is 11.4. The number of H-pyrrole nitrogens is 1. The Labute approximate surface area is 196 Å². The van der Waals surface area contributed by atoms with Crippen LogP contribution in [0, 0.1) is 0 Å². The average Bonchev–Trinajstić information content (AvgIpc) is 3.49. The van der Waals surface area contributed by atoms with Gasteiger partial charge >= 0.3 is 0 Å². The number of fused-ring (bicyclic) bond motifs is 3. The van der Waals surface area contributed by atoms with E-state index in [1.54, 1.807) is 17.0 Å². The summed E-state index contributed by atoms with van der Waals surface area (Å²) in [5, 5.41) is 6.65. The van der Waals surface area contributed by atoms with Crippen LogP contribution in [0.25, 0.3) is 16.3 Å². The SMILES string of the molecule is CN(C)Cc1ccc2c(C(=O)N3CCc4[nH]cnc4[C@H]3c3cc4ccccc4cn3)cnn2c1. The van der Waals surface area contributed by atoms with Crippen molar-refractivity contribution in [2.24, 2.45) is 0 Å². The number of carbonyl (C=O) groups excluding carboxylic acids is 1. The van der Waals surface area contributed by atoms with E-state index in [-0.39, 0.29) is 11.9 Å². The Kier molecular flexibility index (Phi) is 4.88. The van der Waals surface area contributed by atoms with Gasteiger partial charge in [0.2, 0.25) is 0 Å². The van der Waals surface area contributed by atoms with Gasteiger partial charge in [0, 0.05) is 43.0 Å². The van der Waals surface area contributed by atoms with Crippen LogP contribution < -0.4 is 0 Å². The molecule has 34 heavy (non-hydrogen) atoms. The van der Waals surface area contributed by atoms with Crippen LogP contribution in [-0.4, -0.2) is 60.9 Å². The minimum Gasteiger partial charge on any atom is -0.348 e. The molecule has 1 atom stereocenters. The molecular formula is C26H25N7O. The standard InChI is InChI=1S/C26H25N7O/c1-31(2)14-17-7-8-23-20(13-30-33(23)15-17)26(34)32-10-9-21-24(29-16-28-21)25(32)22-11-18-5-3-4-6-19(18)12-27-22/h3-8,11-13,15-16,25H,9-10,14H2,1-2H3,(H,28,29)/t25-/m1/s1. The summed E-state index contributed by atoms with van der Waals surface area (Å²) in [7, 11) is 4.06. The lowest BCUT2D eigenvalue weighted by atomic mass is 9.97. The summed E-state index contributed by atoms with van der Waals surface area (Å²) >= 11 is 0. The van der Waals surface area contributed by atoms with Crippen molar-refractivity contribution in [3.63, 3.8) is 0 Å². The Morgan fingerprint density at radius 1 is 1.12 bits per heavy atom. The lowest BCUT2D eigenvalue weighted by molar-refractivity contribution is 0.0689. The molecule has 0 aliphatic carbocycles. The van der Waals surface area contributed by atoms with E-state index in [2.05, 4.69) is 38.2 Å². The van der Waals surface area contributed by atoms with Crippen LogP contribution in [0.5, 0.6) is 0 Å². The normalized spacial score (nSPS) is 15.9. The fourth-order valence-corrected chi connectivity index (χ4v) is 4.85. The quantitative estimate of drug-likeness (QED) is 0.453. The predicted octanol–water partition coefficient (Wildman–Crippen LogP) is 3.46. The van der Waals surface area contributed by atoms with Gasteiger partial charge in [-0.25, -0.2) is 9.50 Å². The van der Waals surface area contributed by atoms with E-state index in [9.17, 15) is 4.79 Å². The van der Waals surface area contributed by atoms with Crippen molar-refractivity contribution in [1.29, 1.82) is 0 Å². The molecule has 0 bridgehead atoms. The Morgan fingerprint density at radius 3 is 2.82 bits per heavy atom. The molecule has 0 spiro atoms. The molecule has 0 saturated heterocycles. The van der Waals surface area contributed by atoms with Crippen molar-refractivity contribution in [2.45, 2.75) is 19.0 Å². The van der Waals surface area contributed by atoms with Crippen LogP contribution in [0.15, 0.2) is 67.4 Å². The topological polar surface area (TPSA) is 82.4 Å². The zero-order chi connectivity index (χ0) is 23.2. The molecule has 8 heteroatoms. The summed E-state index contributed by atoms with van der Waals surface area (Å²) in [6, 6.07) is 13.9. The number of aromatic amines is 1. The number of aromatic nitrogens is 5. The number of nitrogens with zero attached hydrogens (tertiary/aromatic N) is 6. The highest BCUT2D eigenvalue weighted by Crippen LogP contribution is 2.35. The second-order valence-electron chi connectivity index (χ2n) is 9.04. The highest BCUT2D eigenvalue weighted by atomic mass is 16.2. The molecule has 4 aromatic heterocycles. The lowest BCUT2D eigenvalue weighted by Crippen LogP contribution is -2.41. The minimum atomic E-state index is -0.366. The molecule has 1 amide bonds. The van der Waals surface area contributed by atoms with Crippen LogP contribution >= 0.6 is 0 Å². The van der Waals surface area contributed by atoms with Crippen molar-refractivity contribution in [1.82, 2.24) is 34.4 Å². The largest absolute Gasteiger partial charge is 0.348 e. The smallest absolute Gasteiger partial charge is 0.258 e. The van der Waals surface area contributed by atoms with Crippen LogP contribution in [0.4, 0.5) is 0 Å². The molecule has 1 aliphatic rings. The lowest BCUT2D eigenvalue weighted by Gasteiger charge is -2.34. The van der Waals surface area contributed by atoms with E-state index >= 15 is 0 Å². The summed E-state index contributed by atoms with van der Waals surface area (Å²) in [5.74, 6) is -0.0658. The highest BCUT2D eigenvalue weighted by molar-refractivity contribution is 6.01. The molecule has 6 rings (SSSR count). The number of hydrogen-bond acceptors (Lipinski definition) is 5. The third-order valence-electron chi connectivity index (χ3n) is 6.42. The zero-order valence-electron chi connectivity index (χ0n) is 19.1. The van der Waals surface area contributed by atoms with Crippen molar-refractivity contribution >= 4 is 22.2 Å². The van der Waals surface area contributed by atoms with Crippen molar-refractivity contribution < 1.29 is 4.79 Å². The Morgan fingerprint density at radius 2 is 1.97 bits per heavy atom. The molecule has 8 nitrogen and oxygen atoms in total. The van der Waals surface area contributed by atoms with Gasteiger partial charge in [0.15, 0.2) is 0 Å². The zero-order valence-corrected chi connectivity index (χ0v) is 19.1. The van der Waals surface area contributed by atoms with Crippen molar-refractivity contribution in [3.8, 4) is 0 Å². The average molecular weight is 452 g/mol. The van der Waals surface area contributed by atoms with Gasteiger partial charge in [0.05, 0.1) is 35.0 Å². The molecule has 0 fully saturated rings. The van der Waals surface area contributed by atoms with Crippen LogP contribution in [0.3, 0.4) is 0 Å². The van der Waals surface area contributed by atoms with E-state index in [0.29, 0.717) is 12.1 Å². The Balaban J connectivity index is 1.42. The van der Waals surface area contributed by atoms with E-state index < -0.39 is 0 Å². The highest BCUT2D eigenvalue weighted by Gasteiger charge is 2.36. The first kappa shape index (κ1) is 20.6. The number of pyridine rings is 2. The maximum Gasteiger partial charge on any atom is 0.258 e. The molecule has 0 saturated carbocycles. The fraction of sp³-hybridized carbons (Fsp3) is 0.231. The van der Waals surface area contributed by atoms with Gasteiger partial charge in [0.25, 0.3) is 5.91 Å². The maximum absolute atomic E-state index is 13.9. The number of benzene rings is 1. The van der Waals surface area contributed by atoms with Gasteiger partial charge in [-0.15, -0.1) is 0 Å². The molecule has 0 unspecified atom stereocenters. The van der Waals surface area contributed by atoms with Crippen LogP contribution in [-0.2, 0) is 13.0 Å². The Bertz CT molecular complexity index is 1520. The van der Waals surface area contributed by atoms with Gasteiger partial charge < -0.3 is 14.8 Å². The van der Waals surface area contributed by atoms with Gasteiger partial charge in [0.1, 0.15) is 6.04 Å². The first-order chi connectivity index (χ1) is 16.6. The fourth-order valence-electron chi connectivity index (χ4n) is 4.85. The van der Waals surface area contributed by atoms with E-state index in [1.807, 2.05) is 55.7 Å². The van der Waals surface area contributed by atoms with Crippen LogP contribution in [0.2, 0.25) is 0 Å². The van der Waals surface area contributed by atoms with Gasteiger partial charge in [-0.05, 0) is 37.2 Å². The number of carbonyl (C=O) groups is 1. The molecule has 1 aliphatic heterocycles. The molecular weight excluding hydrogens is 426 g/mol. The summed E-state index contributed by atoms with van der Waals surface area (Å²) in [6.45, 7) is 1.38. The molecule has 5 aromatic rings. The summed E-state index contributed by atoms with van der Waals surface area (Å²) in [5.41, 5.74) is 5.23. The molecule has 5 heterocycles. The van der Waals surface area contributed by atoms with Gasteiger partial charge in [-0.3, -0.25) is 9.78 Å². The van der Waals surface area contributed by atoms with Crippen molar-refractivity contribution in [3.05, 3.63) is 95.6 Å². The van der Waals surface area contributed by atoms with Crippen molar-refractivity contribution in [2.75, 3.05) is 20.6 Å². The number of nitrogens with one attached hydrogen (secondary N) is 1. The monoisotopic (exact) mass is 451 g/mol. The number of hydrogen-bond donors (Lipinski definition) is 1. The van der Waals surface area contributed by atoms with E-state index in [0.717, 1.165) is 51.9 Å². The predicted molar refractivity (Wildman–Crippen MR) is 129 cm³/mol. The maximum atomic E-state index is 13.9. The molecule has 1 N–H and O–H groups in total. The first-order valence-electron chi connectivity index (χ1n) is 11.4. The third kappa shape index (κ3) is 3.43. The number of imidazole rings is 1. The number of amides is 1. The summed E-state index contributed by atoms with van der Waals surface area (Å²) < 4.78 is 1.79. The van der Waals surface area contributed by atoms with Gasteiger partial charge in [-0.1, -0.05) is 30.3 Å². The molecule has 1 aromatic carbocycles. The second kappa shape index (κ2) is 8.07. The third-order valence-corrected chi connectivity index (χ3v) is 6.42. The summed E-state index contributed by atoms with van der Waals surface area (Å²) in [4.78, 5) is 30.5. The summed E-state index contributed by atoms with van der Waals surface area (Å²) in [6.07, 6.45) is 7.94. The van der Waals surface area contributed by atoms with Crippen LogP contribution in [0.1, 0.15) is 39.0 Å². The second-order valence-corrected chi connectivity index (χ2v) is 9.04. The molecule has 170 valence electrons. The Hall–Kier alpha value is -4.04. The number of rotatable bonds is 4. The van der Waals surface area contributed by atoms with E-state index in [4.69, 9.17) is 4.98 Å². The van der Waals surface area contributed by atoms with Gasteiger partial charge in [-0.2, -0.15) is 5.10 Å². The van der Waals surface area contributed by atoms with E-state index in [1.165, 1.54) is 0 Å².